The number of carbonyl (C=O) groups excluding carboxylic acids is 1. The summed E-state index contributed by atoms with van der Waals surface area (Å²) < 4.78 is 4.87. The molecular formula is C15H20N2O6. The molecule has 0 spiro atoms. The van der Waals surface area contributed by atoms with Crippen LogP contribution in [0.1, 0.15) is 37.0 Å². The number of nitrogens with one attached hydrogen (secondary N) is 1. The third kappa shape index (κ3) is 3.97. The number of carboxylic acids is 1. The van der Waals surface area contributed by atoms with Crippen molar-refractivity contribution in [3.63, 3.8) is 0 Å². The highest BCUT2D eigenvalue weighted by molar-refractivity contribution is 5.95. The zero-order valence-corrected chi connectivity index (χ0v) is 13.3. The minimum atomic E-state index is -1.05. The zero-order valence-electron chi connectivity index (χ0n) is 13.3. The van der Waals surface area contributed by atoms with Crippen LogP contribution in [-0.2, 0) is 4.79 Å². The van der Waals surface area contributed by atoms with Gasteiger partial charge in [0.2, 0.25) is 0 Å². The Labute approximate surface area is 133 Å². The van der Waals surface area contributed by atoms with Gasteiger partial charge in [0.1, 0.15) is 0 Å². The summed E-state index contributed by atoms with van der Waals surface area (Å²) in [6.07, 6.45) is 0.726. The molecule has 1 amide bonds. The normalized spacial score (nSPS) is 10.9. The van der Waals surface area contributed by atoms with Crippen molar-refractivity contribution in [2.45, 2.75) is 26.7 Å². The molecule has 0 aliphatic carbocycles. The standard InChI is InChI=1S/C15H20N2O6/c1-4-15(5-2,14(19)20)9-16-13(18)10-6-7-12(23-3)11(8-10)17(21)22/h6-8H,4-5,9H2,1-3H3,(H,16,18)(H,19,20). The van der Waals surface area contributed by atoms with Crippen LogP contribution in [0.4, 0.5) is 5.69 Å². The first-order chi connectivity index (χ1) is 10.8. The molecular weight excluding hydrogens is 304 g/mol. The van der Waals surface area contributed by atoms with Crippen molar-refractivity contribution in [2.24, 2.45) is 5.41 Å². The Bertz CT molecular complexity index is 610. The van der Waals surface area contributed by atoms with Gasteiger partial charge in [-0.2, -0.15) is 0 Å². The molecule has 0 saturated carbocycles. The van der Waals surface area contributed by atoms with Crippen molar-refractivity contribution >= 4 is 17.6 Å². The Hall–Kier alpha value is -2.64. The van der Waals surface area contributed by atoms with Crippen LogP contribution in [0.2, 0.25) is 0 Å². The number of methoxy groups -OCH3 is 1. The summed E-state index contributed by atoms with van der Waals surface area (Å²) in [7, 11) is 1.30. The van der Waals surface area contributed by atoms with E-state index in [9.17, 15) is 24.8 Å². The molecule has 0 radical (unpaired) electrons. The highest BCUT2D eigenvalue weighted by atomic mass is 16.6. The maximum Gasteiger partial charge on any atom is 0.311 e. The van der Waals surface area contributed by atoms with Gasteiger partial charge in [-0.05, 0) is 25.0 Å². The molecule has 1 aromatic carbocycles. The van der Waals surface area contributed by atoms with E-state index in [4.69, 9.17) is 4.74 Å². The monoisotopic (exact) mass is 324 g/mol. The SMILES string of the molecule is CCC(CC)(CNC(=O)c1ccc(OC)c([N+](=O)[O-])c1)C(=O)O. The van der Waals surface area contributed by atoms with Crippen LogP contribution < -0.4 is 10.1 Å². The third-order valence-corrected chi connectivity index (χ3v) is 4.03. The van der Waals surface area contributed by atoms with E-state index in [1.165, 1.54) is 19.2 Å². The van der Waals surface area contributed by atoms with E-state index in [2.05, 4.69) is 5.32 Å². The van der Waals surface area contributed by atoms with Crippen molar-refractivity contribution in [3.8, 4) is 5.75 Å². The number of carboxylic acid groups (broad SMARTS) is 1. The van der Waals surface area contributed by atoms with E-state index in [0.717, 1.165) is 6.07 Å². The highest BCUT2D eigenvalue weighted by Gasteiger charge is 2.35. The second-order valence-electron chi connectivity index (χ2n) is 5.12. The molecule has 1 aromatic rings. The van der Waals surface area contributed by atoms with Crippen LogP contribution in [-0.4, -0.2) is 35.6 Å². The van der Waals surface area contributed by atoms with Crippen LogP contribution >= 0.6 is 0 Å². The molecule has 1 rings (SSSR count). The van der Waals surface area contributed by atoms with E-state index < -0.39 is 22.2 Å². The first-order valence-corrected chi connectivity index (χ1v) is 7.15. The minimum Gasteiger partial charge on any atom is -0.490 e. The fourth-order valence-electron chi connectivity index (χ4n) is 2.20. The number of carbonyl (C=O) groups is 2. The number of hydrogen-bond acceptors (Lipinski definition) is 5. The molecule has 0 atom stereocenters. The molecule has 0 saturated heterocycles. The Balaban J connectivity index is 2.96. The Morgan fingerprint density at radius 2 is 1.96 bits per heavy atom. The van der Waals surface area contributed by atoms with Crippen molar-refractivity contribution in [3.05, 3.63) is 33.9 Å². The van der Waals surface area contributed by atoms with Gasteiger partial charge in [0.05, 0.1) is 17.4 Å². The summed E-state index contributed by atoms with van der Waals surface area (Å²) in [5.41, 5.74) is -1.30. The van der Waals surface area contributed by atoms with Crippen LogP contribution in [0.15, 0.2) is 18.2 Å². The smallest absolute Gasteiger partial charge is 0.311 e. The molecule has 0 unspecified atom stereocenters. The summed E-state index contributed by atoms with van der Waals surface area (Å²) in [6.45, 7) is 3.43. The van der Waals surface area contributed by atoms with E-state index in [0.29, 0.717) is 12.8 Å². The summed E-state index contributed by atoms with van der Waals surface area (Å²) in [5.74, 6) is -1.50. The average Bonchev–Trinajstić information content (AvgIpc) is 2.54. The van der Waals surface area contributed by atoms with Gasteiger partial charge in [-0.15, -0.1) is 0 Å². The molecule has 2 N–H and O–H groups in total. The predicted octanol–water partition coefficient (Wildman–Crippen LogP) is 2.22. The number of nitro groups is 1. The number of nitrogens with zero attached hydrogens (tertiary/aromatic N) is 1. The molecule has 0 bridgehead atoms. The summed E-state index contributed by atoms with van der Waals surface area (Å²) in [4.78, 5) is 33.9. The molecule has 126 valence electrons. The van der Waals surface area contributed by atoms with Gasteiger partial charge in [-0.25, -0.2) is 0 Å². The van der Waals surface area contributed by atoms with Crippen molar-refractivity contribution in [2.75, 3.05) is 13.7 Å². The molecule has 0 aromatic heterocycles. The minimum absolute atomic E-state index is 0.0476. The van der Waals surface area contributed by atoms with Gasteiger partial charge in [-0.3, -0.25) is 19.7 Å². The number of nitro benzene ring substituents is 1. The van der Waals surface area contributed by atoms with Gasteiger partial charge in [0.15, 0.2) is 5.75 Å². The first kappa shape index (κ1) is 18.4. The maximum absolute atomic E-state index is 12.2. The molecule has 23 heavy (non-hydrogen) atoms. The number of rotatable bonds is 8. The number of benzene rings is 1. The number of aliphatic carboxylic acids is 1. The molecule has 0 heterocycles. The quantitative estimate of drug-likeness (QED) is 0.559. The van der Waals surface area contributed by atoms with E-state index in [1.807, 2.05) is 0 Å². The van der Waals surface area contributed by atoms with Gasteiger partial charge >= 0.3 is 11.7 Å². The lowest BCUT2D eigenvalue weighted by molar-refractivity contribution is -0.385. The second-order valence-corrected chi connectivity index (χ2v) is 5.12. The van der Waals surface area contributed by atoms with Gasteiger partial charge < -0.3 is 15.2 Å². The zero-order chi connectivity index (χ0) is 17.6. The lowest BCUT2D eigenvalue weighted by Crippen LogP contribution is -2.42. The Kier molecular flexibility index (Phi) is 6.06. The molecule has 0 fully saturated rings. The van der Waals surface area contributed by atoms with Gasteiger partial charge in [-0.1, -0.05) is 13.8 Å². The van der Waals surface area contributed by atoms with E-state index in [1.54, 1.807) is 13.8 Å². The Morgan fingerprint density at radius 3 is 2.39 bits per heavy atom. The maximum atomic E-state index is 12.2. The molecule has 0 aliphatic heterocycles. The van der Waals surface area contributed by atoms with Crippen LogP contribution in [0.3, 0.4) is 0 Å². The summed E-state index contributed by atoms with van der Waals surface area (Å²) >= 11 is 0. The van der Waals surface area contributed by atoms with E-state index in [-0.39, 0.29) is 23.5 Å². The molecule has 8 heteroatoms. The number of hydrogen-bond donors (Lipinski definition) is 2. The van der Waals surface area contributed by atoms with E-state index >= 15 is 0 Å². The van der Waals surface area contributed by atoms with Crippen molar-refractivity contribution < 1.29 is 24.4 Å². The lowest BCUT2D eigenvalue weighted by Gasteiger charge is -2.26. The number of amides is 1. The largest absolute Gasteiger partial charge is 0.490 e. The average molecular weight is 324 g/mol. The van der Waals surface area contributed by atoms with Crippen LogP contribution in [0, 0.1) is 15.5 Å². The second kappa shape index (κ2) is 7.57. The number of ether oxygens (including phenoxy) is 1. The van der Waals surface area contributed by atoms with Crippen molar-refractivity contribution in [1.82, 2.24) is 5.32 Å². The molecule has 8 nitrogen and oxygen atoms in total. The predicted molar refractivity (Wildman–Crippen MR) is 82.6 cm³/mol. The summed E-state index contributed by atoms with van der Waals surface area (Å²) in [6, 6.07) is 3.83. The topological polar surface area (TPSA) is 119 Å². The van der Waals surface area contributed by atoms with Gasteiger partial charge in [0.25, 0.3) is 5.91 Å². The molecule has 0 aliphatic rings. The van der Waals surface area contributed by atoms with Crippen LogP contribution in [0.25, 0.3) is 0 Å². The highest BCUT2D eigenvalue weighted by Crippen LogP contribution is 2.28. The van der Waals surface area contributed by atoms with Crippen LogP contribution in [0.5, 0.6) is 5.75 Å². The lowest BCUT2D eigenvalue weighted by atomic mass is 9.82. The third-order valence-electron chi connectivity index (χ3n) is 4.03. The Morgan fingerprint density at radius 1 is 1.35 bits per heavy atom. The summed E-state index contributed by atoms with van der Waals surface area (Å²) in [5, 5.41) is 22.8. The van der Waals surface area contributed by atoms with Gasteiger partial charge in [0, 0.05) is 18.2 Å². The first-order valence-electron chi connectivity index (χ1n) is 7.15. The van der Waals surface area contributed by atoms with Crippen molar-refractivity contribution in [1.29, 1.82) is 0 Å². The fourth-order valence-corrected chi connectivity index (χ4v) is 2.20. The fraction of sp³-hybridized carbons (Fsp3) is 0.467.